The van der Waals surface area contributed by atoms with Gasteiger partial charge in [0.25, 0.3) is 10.0 Å². The Morgan fingerprint density at radius 3 is 2.08 bits per heavy atom. The number of anilines is 1. The van der Waals surface area contributed by atoms with E-state index in [0.29, 0.717) is 21.4 Å². The number of carbonyl (C=O) groups is 2. The minimum Gasteiger partial charge on any atom is -0.497 e. The van der Waals surface area contributed by atoms with Crippen molar-refractivity contribution in [1.82, 2.24) is 10.2 Å². The lowest BCUT2D eigenvalue weighted by Crippen LogP contribution is -2.50. The molecule has 3 aromatic carbocycles. The first-order valence-electron chi connectivity index (χ1n) is 11.7. The molecule has 2 amide bonds. The van der Waals surface area contributed by atoms with Crippen LogP contribution in [0.2, 0.25) is 10.0 Å². The predicted molar refractivity (Wildman–Crippen MR) is 149 cm³/mol. The molecule has 0 aliphatic heterocycles. The number of benzene rings is 3. The maximum atomic E-state index is 13.8. The Morgan fingerprint density at radius 2 is 1.55 bits per heavy atom. The van der Waals surface area contributed by atoms with E-state index in [0.717, 1.165) is 9.87 Å². The van der Waals surface area contributed by atoms with E-state index in [1.165, 1.54) is 31.2 Å². The number of likely N-dealkylation sites (N-methyl/N-ethyl adjacent to an activating group) is 1. The standard InChI is InChI=1S/C27H29Cl2N3O5S/c1-18-8-14-22(15-9-18)38(35,36)32(20-10-12-21(37-4)13-11-20)17-26(33)31(19(2)27(34)30-3)16-23-24(28)6-5-7-25(23)29/h5-15,19H,16-17H2,1-4H3,(H,30,34)/t19-/m1/s1. The minimum atomic E-state index is -4.17. The van der Waals surface area contributed by atoms with E-state index >= 15 is 0 Å². The van der Waals surface area contributed by atoms with Crippen LogP contribution in [-0.2, 0) is 26.2 Å². The van der Waals surface area contributed by atoms with Gasteiger partial charge in [0, 0.05) is 29.2 Å². The summed E-state index contributed by atoms with van der Waals surface area (Å²) < 4.78 is 33.8. The van der Waals surface area contributed by atoms with Gasteiger partial charge in [-0.15, -0.1) is 0 Å². The lowest BCUT2D eigenvalue weighted by atomic mass is 10.1. The second-order valence-corrected chi connectivity index (χ2v) is 11.2. The topological polar surface area (TPSA) is 96.0 Å². The average molecular weight is 579 g/mol. The molecule has 0 heterocycles. The van der Waals surface area contributed by atoms with Gasteiger partial charge in [-0.1, -0.05) is 47.0 Å². The van der Waals surface area contributed by atoms with Crippen LogP contribution in [0.15, 0.2) is 71.6 Å². The Balaban J connectivity index is 2.07. The molecule has 3 rings (SSSR count). The van der Waals surface area contributed by atoms with Crippen LogP contribution >= 0.6 is 23.2 Å². The molecule has 11 heteroatoms. The van der Waals surface area contributed by atoms with E-state index in [1.54, 1.807) is 61.5 Å². The highest BCUT2D eigenvalue weighted by atomic mass is 35.5. The van der Waals surface area contributed by atoms with E-state index in [1.807, 2.05) is 6.92 Å². The number of ether oxygens (including phenoxy) is 1. The van der Waals surface area contributed by atoms with E-state index in [2.05, 4.69) is 5.32 Å². The number of rotatable bonds is 10. The number of nitrogens with one attached hydrogen (secondary N) is 1. The number of halogens is 2. The van der Waals surface area contributed by atoms with Crippen molar-refractivity contribution in [3.63, 3.8) is 0 Å². The first-order valence-corrected chi connectivity index (χ1v) is 13.9. The number of hydrogen-bond acceptors (Lipinski definition) is 5. The normalized spacial score (nSPS) is 11.9. The van der Waals surface area contributed by atoms with E-state index in [9.17, 15) is 18.0 Å². The summed E-state index contributed by atoms with van der Waals surface area (Å²) >= 11 is 12.7. The van der Waals surface area contributed by atoms with Crippen LogP contribution in [0.1, 0.15) is 18.1 Å². The molecule has 0 spiro atoms. The smallest absolute Gasteiger partial charge is 0.264 e. The molecule has 8 nitrogen and oxygen atoms in total. The SMILES string of the molecule is CNC(=O)[C@@H](C)N(Cc1c(Cl)cccc1Cl)C(=O)CN(c1ccc(OC)cc1)S(=O)(=O)c1ccc(C)cc1. The molecule has 3 aromatic rings. The van der Waals surface area contributed by atoms with Gasteiger partial charge < -0.3 is 15.0 Å². The van der Waals surface area contributed by atoms with Crippen molar-refractivity contribution in [2.75, 3.05) is 25.0 Å². The lowest BCUT2D eigenvalue weighted by Gasteiger charge is -2.32. The largest absolute Gasteiger partial charge is 0.497 e. The molecule has 0 saturated heterocycles. The van der Waals surface area contributed by atoms with Crippen LogP contribution < -0.4 is 14.4 Å². The van der Waals surface area contributed by atoms with Crippen molar-refractivity contribution >= 4 is 50.7 Å². The van der Waals surface area contributed by atoms with Crippen molar-refractivity contribution < 1.29 is 22.7 Å². The molecule has 0 unspecified atom stereocenters. The van der Waals surface area contributed by atoms with Crippen molar-refractivity contribution in [3.8, 4) is 5.75 Å². The molecule has 0 aliphatic carbocycles. The molecule has 0 bridgehead atoms. The predicted octanol–water partition coefficient (Wildman–Crippen LogP) is 4.67. The van der Waals surface area contributed by atoms with Crippen LogP contribution in [0, 0.1) is 6.92 Å². The number of carbonyl (C=O) groups excluding carboxylic acids is 2. The molecule has 202 valence electrons. The molecule has 0 aromatic heterocycles. The Morgan fingerprint density at radius 1 is 0.974 bits per heavy atom. The number of nitrogens with zero attached hydrogens (tertiary/aromatic N) is 2. The third-order valence-corrected chi connectivity index (χ3v) is 8.55. The Bertz CT molecular complexity index is 1380. The van der Waals surface area contributed by atoms with E-state index in [4.69, 9.17) is 27.9 Å². The lowest BCUT2D eigenvalue weighted by molar-refractivity contribution is -0.139. The number of amides is 2. The zero-order valence-electron chi connectivity index (χ0n) is 21.4. The molecule has 38 heavy (non-hydrogen) atoms. The van der Waals surface area contributed by atoms with E-state index < -0.39 is 34.4 Å². The van der Waals surface area contributed by atoms with Crippen LogP contribution in [-0.4, -0.2) is 51.9 Å². The van der Waals surface area contributed by atoms with Gasteiger partial charge in [-0.3, -0.25) is 13.9 Å². The van der Waals surface area contributed by atoms with Crippen LogP contribution in [0.25, 0.3) is 0 Å². The van der Waals surface area contributed by atoms with Gasteiger partial charge >= 0.3 is 0 Å². The molecular weight excluding hydrogens is 549 g/mol. The molecular formula is C27H29Cl2N3O5S. The summed E-state index contributed by atoms with van der Waals surface area (Å²) in [6.07, 6.45) is 0. The van der Waals surface area contributed by atoms with Crippen molar-refractivity contribution in [3.05, 3.63) is 87.9 Å². The number of aryl methyl sites for hydroxylation is 1. The minimum absolute atomic E-state index is 0.0202. The monoisotopic (exact) mass is 577 g/mol. The first kappa shape index (κ1) is 29.3. The Kier molecular flexibility index (Phi) is 9.65. The van der Waals surface area contributed by atoms with Gasteiger partial charge in [-0.2, -0.15) is 0 Å². The summed E-state index contributed by atoms with van der Waals surface area (Å²) in [5.74, 6) is -0.529. The second kappa shape index (κ2) is 12.5. The fourth-order valence-corrected chi connectivity index (χ4v) is 5.69. The van der Waals surface area contributed by atoms with Crippen LogP contribution in [0.3, 0.4) is 0 Å². The van der Waals surface area contributed by atoms with Crippen molar-refractivity contribution in [2.24, 2.45) is 0 Å². The van der Waals surface area contributed by atoms with Gasteiger partial charge in [0.15, 0.2) is 0 Å². The highest BCUT2D eigenvalue weighted by molar-refractivity contribution is 7.92. The van der Waals surface area contributed by atoms with Crippen molar-refractivity contribution in [2.45, 2.75) is 31.3 Å². The van der Waals surface area contributed by atoms with Gasteiger partial charge in [0.05, 0.1) is 17.7 Å². The quantitative estimate of drug-likeness (QED) is 0.378. The molecule has 0 fully saturated rings. The number of hydrogen-bond donors (Lipinski definition) is 1. The highest BCUT2D eigenvalue weighted by Gasteiger charge is 2.33. The fourth-order valence-electron chi connectivity index (χ4n) is 3.76. The summed E-state index contributed by atoms with van der Waals surface area (Å²) in [4.78, 5) is 27.7. The second-order valence-electron chi connectivity index (χ2n) is 8.53. The molecule has 0 saturated carbocycles. The Labute approximate surface area is 233 Å². The summed E-state index contributed by atoms with van der Waals surface area (Å²) in [5.41, 5.74) is 1.58. The zero-order chi connectivity index (χ0) is 28.0. The third kappa shape index (κ3) is 6.59. The molecule has 1 N–H and O–H groups in total. The summed E-state index contributed by atoms with van der Waals surface area (Å²) in [7, 11) is -1.22. The first-order chi connectivity index (χ1) is 18.0. The van der Waals surface area contributed by atoms with Gasteiger partial charge in [0.1, 0.15) is 18.3 Å². The highest BCUT2D eigenvalue weighted by Crippen LogP contribution is 2.29. The maximum Gasteiger partial charge on any atom is 0.264 e. The van der Waals surface area contributed by atoms with Crippen LogP contribution in [0.5, 0.6) is 5.75 Å². The van der Waals surface area contributed by atoms with Crippen molar-refractivity contribution in [1.29, 1.82) is 0 Å². The molecule has 0 aliphatic rings. The maximum absolute atomic E-state index is 13.8. The summed E-state index contributed by atoms with van der Waals surface area (Å²) in [6, 6.07) is 16.6. The van der Waals surface area contributed by atoms with Gasteiger partial charge in [-0.25, -0.2) is 8.42 Å². The van der Waals surface area contributed by atoms with Gasteiger partial charge in [0.2, 0.25) is 11.8 Å². The third-order valence-electron chi connectivity index (χ3n) is 6.05. The number of methoxy groups -OCH3 is 1. The summed E-state index contributed by atoms with van der Waals surface area (Å²) in [5, 5.41) is 3.17. The number of sulfonamides is 1. The summed E-state index contributed by atoms with van der Waals surface area (Å²) in [6.45, 7) is 2.71. The molecule has 1 atom stereocenters. The zero-order valence-corrected chi connectivity index (χ0v) is 23.8. The molecule has 0 radical (unpaired) electrons. The van der Waals surface area contributed by atoms with Crippen LogP contribution in [0.4, 0.5) is 5.69 Å². The Hall–Kier alpha value is -3.27. The fraction of sp³-hybridized carbons (Fsp3) is 0.259. The van der Waals surface area contributed by atoms with E-state index in [-0.39, 0.29) is 17.1 Å². The average Bonchev–Trinajstić information content (AvgIpc) is 2.91. The van der Waals surface area contributed by atoms with Gasteiger partial charge in [-0.05, 0) is 62.4 Å².